The molecule has 0 saturated carbocycles. The molecule has 8 nitrogen and oxygen atoms in total. The van der Waals surface area contributed by atoms with Crippen molar-refractivity contribution in [1.82, 2.24) is 5.32 Å². The summed E-state index contributed by atoms with van der Waals surface area (Å²) in [4.78, 5) is 23.0. The molecule has 0 heterocycles. The minimum absolute atomic E-state index is 0.0291. The maximum atomic E-state index is 11.8. The lowest BCUT2D eigenvalue weighted by atomic mass is 10.1. The van der Waals surface area contributed by atoms with E-state index in [1.54, 1.807) is 19.2 Å². The number of methoxy groups -OCH3 is 2. The second-order valence-electron chi connectivity index (χ2n) is 4.67. The van der Waals surface area contributed by atoms with Crippen LogP contribution in [0.2, 0.25) is 0 Å². The first-order chi connectivity index (χ1) is 13.4. The van der Waals surface area contributed by atoms with E-state index in [2.05, 4.69) is 30.1 Å². The molecule has 0 spiro atoms. The third-order valence-corrected chi connectivity index (χ3v) is 3.15. The van der Waals surface area contributed by atoms with E-state index in [1.807, 2.05) is 0 Å². The molecule has 25 heavy (non-hydrogen) atoms. The Bertz CT molecular complexity index is 746. The fraction of sp³-hybridized carbons (Fsp3) is 0.500. The molecule has 0 bridgehead atoms. The van der Waals surface area contributed by atoms with Gasteiger partial charge in [0, 0.05) is 12.0 Å². The van der Waals surface area contributed by atoms with Gasteiger partial charge >= 0.3 is 12.2 Å². The molecule has 1 amide bonds. The zero-order valence-electron chi connectivity index (χ0n) is 18.2. The molecule has 0 aliphatic heterocycles. The zero-order chi connectivity index (χ0) is 22.4. The van der Waals surface area contributed by atoms with Crippen molar-refractivity contribution in [3.8, 4) is 11.5 Å². The third-order valence-electron chi connectivity index (χ3n) is 2.53. The molecule has 0 radical (unpaired) electrons. The Labute approximate surface area is 160 Å². The normalized spacial score (nSPS) is 13.7. The lowest BCUT2D eigenvalue weighted by molar-refractivity contribution is -0.0242. The van der Waals surface area contributed by atoms with E-state index in [1.165, 1.54) is 26.4 Å². The number of aryl methyl sites for hydroxylation is 1. The van der Waals surface area contributed by atoms with E-state index in [0.717, 1.165) is 0 Å². The van der Waals surface area contributed by atoms with Crippen LogP contribution in [0.3, 0.4) is 0 Å². The average Bonchev–Trinajstić information content (AvgIpc) is 2.59. The summed E-state index contributed by atoms with van der Waals surface area (Å²) in [5, 5.41) is 1.77. The zero-order valence-corrected chi connectivity index (χ0v) is 15.8. The quantitative estimate of drug-likeness (QED) is 0.506. The van der Waals surface area contributed by atoms with Crippen LogP contribution in [0.5, 0.6) is 11.5 Å². The highest BCUT2D eigenvalue weighted by Gasteiger charge is 2.11. The maximum Gasteiger partial charge on any atom is 0.511 e. The first-order valence-corrected chi connectivity index (χ1v) is 7.85. The van der Waals surface area contributed by atoms with E-state index >= 15 is 0 Å². The SMILES string of the molecule is [2H]C([2H])(NC(=O)OCOC(=O)OC(C)C)C([2H])([2H])c1cc(OC)c(Br)cc1OC. The summed E-state index contributed by atoms with van der Waals surface area (Å²) < 4.78 is 56.9. The summed E-state index contributed by atoms with van der Waals surface area (Å²) in [7, 11) is 2.65. The first kappa shape index (κ1) is 15.1. The number of halogens is 1. The van der Waals surface area contributed by atoms with Gasteiger partial charge in [-0.15, -0.1) is 0 Å². The van der Waals surface area contributed by atoms with Gasteiger partial charge in [0.15, 0.2) is 0 Å². The third kappa shape index (κ3) is 7.51. The van der Waals surface area contributed by atoms with Gasteiger partial charge in [-0.05, 0) is 53.8 Å². The second kappa shape index (κ2) is 10.7. The number of benzene rings is 1. The van der Waals surface area contributed by atoms with Crippen LogP contribution in [0.15, 0.2) is 16.6 Å². The van der Waals surface area contributed by atoms with Crippen molar-refractivity contribution >= 4 is 28.2 Å². The van der Waals surface area contributed by atoms with Crippen LogP contribution < -0.4 is 14.8 Å². The van der Waals surface area contributed by atoms with Gasteiger partial charge in [0.25, 0.3) is 0 Å². The van der Waals surface area contributed by atoms with Crippen molar-refractivity contribution in [2.75, 3.05) is 27.5 Å². The van der Waals surface area contributed by atoms with Gasteiger partial charge in [-0.3, -0.25) is 0 Å². The monoisotopic (exact) mass is 423 g/mol. The number of hydrogen-bond donors (Lipinski definition) is 1. The molecule has 9 heteroatoms. The smallest absolute Gasteiger partial charge is 0.496 e. The summed E-state index contributed by atoms with van der Waals surface area (Å²) >= 11 is 3.23. The largest absolute Gasteiger partial charge is 0.511 e. The lowest BCUT2D eigenvalue weighted by Gasteiger charge is -2.13. The van der Waals surface area contributed by atoms with Crippen molar-refractivity contribution in [3.05, 3.63) is 22.2 Å². The van der Waals surface area contributed by atoms with Crippen LogP contribution in [-0.2, 0) is 20.6 Å². The Morgan fingerprint density at radius 2 is 1.88 bits per heavy atom. The Balaban J connectivity index is 2.92. The Morgan fingerprint density at radius 3 is 2.48 bits per heavy atom. The molecule has 0 unspecified atom stereocenters. The summed E-state index contributed by atoms with van der Waals surface area (Å²) in [6.45, 7) is -0.589. The Morgan fingerprint density at radius 1 is 1.20 bits per heavy atom. The number of nitrogens with one attached hydrogen (secondary N) is 1. The summed E-state index contributed by atoms with van der Waals surface area (Å²) in [6.07, 6.45) is -5.62. The lowest BCUT2D eigenvalue weighted by Crippen LogP contribution is -2.28. The van der Waals surface area contributed by atoms with Crippen molar-refractivity contribution in [2.24, 2.45) is 0 Å². The molecule has 0 fully saturated rings. The van der Waals surface area contributed by atoms with Crippen molar-refractivity contribution < 1.29 is 38.8 Å². The van der Waals surface area contributed by atoms with Gasteiger partial charge in [0.05, 0.1) is 24.8 Å². The number of rotatable bonds is 8. The van der Waals surface area contributed by atoms with Crippen LogP contribution in [0.1, 0.15) is 24.9 Å². The van der Waals surface area contributed by atoms with E-state index in [4.69, 9.17) is 15.0 Å². The van der Waals surface area contributed by atoms with E-state index in [9.17, 15) is 9.59 Å². The van der Waals surface area contributed by atoms with Crippen LogP contribution in [0.25, 0.3) is 0 Å². The standard InChI is InChI=1S/C16H22BrNO7/c1-10(2)25-16(20)24-9-23-15(19)18-6-5-11-7-14(22-4)12(17)8-13(11)21-3/h7-8,10H,5-6,9H2,1-4H3,(H,18,19)/i5D2,6D2. The van der Waals surface area contributed by atoms with Gasteiger partial charge in [-0.25, -0.2) is 9.59 Å². The number of amides is 1. The van der Waals surface area contributed by atoms with Gasteiger partial charge in [-0.2, -0.15) is 0 Å². The summed E-state index contributed by atoms with van der Waals surface area (Å²) in [5.41, 5.74) is -0.206. The molecule has 1 N–H and O–H groups in total. The van der Waals surface area contributed by atoms with Crippen LogP contribution in [-0.4, -0.2) is 45.9 Å². The van der Waals surface area contributed by atoms with Crippen molar-refractivity contribution in [3.63, 3.8) is 0 Å². The average molecular weight is 424 g/mol. The predicted molar refractivity (Wildman–Crippen MR) is 93.0 cm³/mol. The minimum Gasteiger partial charge on any atom is -0.496 e. The summed E-state index contributed by atoms with van der Waals surface area (Å²) in [6, 6.07) is 2.66. The highest BCUT2D eigenvalue weighted by Crippen LogP contribution is 2.32. The van der Waals surface area contributed by atoms with E-state index in [-0.39, 0.29) is 17.1 Å². The van der Waals surface area contributed by atoms with Gasteiger partial charge in [-0.1, -0.05) is 0 Å². The topological polar surface area (TPSA) is 92.3 Å². The number of ether oxygens (including phenoxy) is 5. The Hall–Kier alpha value is -2.16. The van der Waals surface area contributed by atoms with Crippen LogP contribution >= 0.6 is 15.9 Å². The molecule has 0 aromatic heterocycles. The second-order valence-corrected chi connectivity index (χ2v) is 5.53. The molecular formula is C16H22BrNO7. The van der Waals surface area contributed by atoms with Gasteiger partial charge < -0.3 is 29.0 Å². The molecule has 140 valence electrons. The molecule has 0 aliphatic rings. The number of hydrogen-bond acceptors (Lipinski definition) is 7. The van der Waals surface area contributed by atoms with Crippen LogP contribution in [0.4, 0.5) is 9.59 Å². The van der Waals surface area contributed by atoms with Gasteiger partial charge in [0.2, 0.25) is 6.79 Å². The molecule has 0 saturated heterocycles. The predicted octanol–water partition coefficient (Wildman–Crippen LogP) is 3.25. The fourth-order valence-electron chi connectivity index (χ4n) is 1.50. The van der Waals surface area contributed by atoms with Crippen molar-refractivity contribution in [1.29, 1.82) is 0 Å². The first-order valence-electron chi connectivity index (χ1n) is 9.06. The molecule has 1 aromatic rings. The molecular weight excluding hydrogens is 398 g/mol. The molecule has 0 atom stereocenters. The fourth-order valence-corrected chi connectivity index (χ4v) is 1.99. The van der Waals surface area contributed by atoms with Crippen LogP contribution in [0, 0.1) is 0 Å². The summed E-state index contributed by atoms with van der Waals surface area (Å²) in [5.74, 6) is 0.265. The Kier molecular flexibility index (Phi) is 6.44. The minimum atomic E-state index is -2.94. The molecule has 0 aliphatic carbocycles. The molecule has 1 aromatic carbocycles. The van der Waals surface area contributed by atoms with Gasteiger partial charge in [0.1, 0.15) is 11.5 Å². The van der Waals surface area contributed by atoms with E-state index < -0.39 is 38.0 Å². The van der Waals surface area contributed by atoms with Crippen molar-refractivity contribution in [2.45, 2.75) is 26.3 Å². The van der Waals surface area contributed by atoms with E-state index in [0.29, 0.717) is 4.47 Å². The number of carbonyl (C=O) groups is 2. The molecule has 1 rings (SSSR count). The number of alkyl carbamates (subject to hydrolysis) is 1. The maximum absolute atomic E-state index is 11.8. The highest BCUT2D eigenvalue weighted by molar-refractivity contribution is 9.10. The number of carbonyl (C=O) groups excluding carboxylic acids is 2. The highest BCUT2D eigenvalue weighted by atomic mass is 79.9.